The summed E-state index contributed by atoms with van der Waals surface area (Å²) < 4.78 is 0. The third-order valence-electron chi connectivity index (χ3n) is 3.06. The van der Waals surface area contributed by atoms with Crippen LogP contribution in [-0.4, -0.2) is 46.1 Å². The first-order chi connectivity index (χ1) is 8.93. The number of carboxylic acid groups (broad SMARTS) is 1. The summed E-state index contributed by atoms with van der Waals surface area (Å²) in [6, 6.07) is 2.63. The molecule has 0 spiro atoms. The highest BCUT2D eigenvalue weighted by atomic mass is 16.4. The van der Waals surface area contributed by atoms with Crippen LogP contribution in [0.5, 0.6) is 0 Å². The fourth-order valence-electron chi connectivity index (χ4n) is 2.15. The first-order valence-electron chi connectivity index (χ1n) is 6.60. The lowest BCUT2D eigenvalue weighted by atomic mass is 10.2. The van der Waals surface area contributed by atoms with Crippen LogP contribution < -0.4 is 5.32 Å². The van der Waals surface area contributed by atoms with Gasteiger partial charge in [-0.05, 0) is 33.8 Å². The number of aromatic nitrogens is 1. The Bertz CT molecular complexity index is 411. The van der Waals surface area contributed by atoms with E-state index in [0.717, 1.165) is 6.54 Å². The molecule has 1 aromatic rings. The van der Waals surface area contributed by atoms with Gasteiger partial charge in [0.25, 0.3) is 0 Å². The number of hydrogen-bond donors (Lipinski definition) is 2. The molecule has 1 rings (SSSR count). The van der Waals surface area contributed by atoms with E-state index in [2.05, 4.69) is 42.9 Å². The van der Waals surface area contributed by atoms with Crippen molar-refractivity contribution in [3.63, 3.8) is 0 Å². The van der Waals surface area contributed by atoms with Crippen molar-refractivity contribution < 1.29 is 9.90 Å². The Hall–Kier alpha value is -1.62. The van der Waals surface area contributed by atoms with Gasteiger partial charge in [-0.15, -0.1) is 0 Å². The van der Waals surface area contributed by atoms with E-state index in [1.165, 1.54) is 6.20 Å². The highest BCUT2D eigenvalue weighted by Crippen LogP contribution is 2.13. The predicted octanol–water partition coefficient (Wildman–Crippen LogP) is 2.31. The van der Waals surface area contributed by atoms with Crippen molar-refractivity contribution in [2.45, 2.75) is 39.8 Å². The molecule has 0 radical (unpaired) electrons. The SMILES string of the molecule is CC(C)N(CCNc1ccncc1C(=O)O)C(C)C. The lowest BCUT2D eigenvalue weighted by Crippen LogP contribution is -2.40. The van der Waals surface area contributed by atoms with Gasteiger partial charge in [0, 0.05) is 37.6 Å². The topological polar surface area (TPSA) is 65.5 Å². The van der Waals surface area contributed by atoms with Crippen molar-refractivity contribution in [2.75, 3.05) is 18.4 Å². The molecular weight excluding hydrogens is 242 g/mol. The molecule has 0 aliphatic heterocycles. The second-order valence-electron chi connectivity index (χ2n) is 5.08. The van der Waals surface area contributed by atoms with Crippen LogP contribution in [-0.2, 0) is 0 Å². The Kier molecular flexibility index (Phi) is 5.76. The number of carbonyl (C=O) groups is 1. The summed E-state index contributed by atoms with van der Waals surface area (Å²) in [7, 11) is 0. The quantitative estimate of drug-likeness (QED) is 0.792. The second-order valence-corrected chi connectivity index (χ2v) is 5.08. The highest BCUT2D eigenvalue weighted by Gasteiger charge is 2.13. The molecule has 0 bridgehead atoms. The molecule has 5 heteroatoms. The Labute approximate surface area is 114 Å². The van der Waals surface area contributed by atoms with E-state index in [9.17, 15) is 4.79 Å². The number of hydrogen-bond acceptors (Lipinski definition) is 4. The average molecular weight is 265 g/mol. The zero-order chi connectivity index (χ0) is 14.4. The van der Waals surface area contributed by atoms with Gasteiger partial charge in [0.1, 0.15) is 5.56 Å². The van der Waals surface area contributed by atoms with Crippen LogP contribution in [0.4, 0.5) is 5.69 Å². The summed E-state index contributed by atoms with van der Waals surface area (Å²) >= 11 is 0. The number of aromatic carboxylic acids is 1. The number of nitrogens with one attached hydrogen (secondary N) is 1. The van der Waals surface area contributed by atoms with E-state index in [1.807, 2.05) is 0 Å². The van der Waals surface area contributed by atoms with Crippen molar-refractivity contribution >= 4 is 11.7 Å². The van der Waals surface area contributed by atoms with E-state index in [4.69, 9.17) is 5.11 Å². The number of rotatable bonds is 7. The number of carboxylic acids is 1. The molecule has 0 aromatic carbocycles. The number of pyridine rings is 1. The molecule has 1 heterocycles. The Morgan fingerprint density at radius 1 is 1.37 bits per heavy atom. The molecule has 0 aliphatic rings. The minimum atomic E-state index is -0.958. The summed E-state index contributed by atoms with van der Waals surface area (Å²) in [6.45, 7) is 10.2. The van der Waals surface area contributed by atoms with E-state index in [0.29, 0.717) is 24.3 Å². The van der Waals surface area contributed by atoms with Gasteiger partial charge in [0.15, 0.2) is 0 Å². The first-order valence-corrected chi connectivity index (χ1v) is 6.60. The molecule has 1 aromatic heterocycles. The molecule has 2 N–H and O–H groups in total. The van der Waals surface area contributed by atoms with Crippen LogP contribution >= 0.6 is 0 Å². The summed E-state index contributed by atoms with van der Waals surface area (Å²) in [5.41, 5.74) is 0.832. The maximum atomic E-state index is 11.0. The third-order valence-corrected chi connectivity index (χ3v) is 3.06. The molecule has 0 atom stereocenters. The minimum Gasteiger partial charge on any atom is -0.478 e. The summed E-state index contributed by atoms with van der Waals surface area (Å²) in [5.74, 6) is -0.958. The van der Waals surface area contributed by atoms with E-state index >= 15 is 0 Å². The van der Waals surface area contributed by atoms with Gasteiger partial charge in [-0.2, -0.15) is 0 Å². The highest BCUT2D eigenvalue weighted by molar-refractivity contribution is 5.93. The van der Waals surface area contributed by atoms with Crippen molar-refractivity contribution in [3.8, 4) is 0 Å². The number of anilines is 1. The van der Waals surface area contributed by atoms with Gasteiger partial charge in [0.05, 0.1) is 5.69 Å². The standard InChI is InChI=1S/C14H23N3O2/c1-10(2)17(11(3)4)8-7-16-13-5-6-15-9-12(13)14(18)19/h5-6,9-11H,7-8H2,1-4H3,(H,15,16)(H,18,19). The van der Waals surface area contributed by atoms with Crippen LogP contribution in [0.3, 0.4) is 0 Å². The molecule has 19 heavy (non-hydrogen) atoms. The van der Waals surface area contributed by atoms with Gasteiger partial charge < -0.3 is 10.4 Å². The third kappa shape index (κ3) is 4.52. The van der Waals surface area contributed by atoms with Crippen molar-refractivity contribution in [1.29, 1.82) is 0 Å². The average Bonchev–Trinajstić information content (AvgIpc) is 2.33. The Morgan fingerprint density at radius 2 is 2.00 bits per heavy atom. The van der Waals surface area contributed by atoms with Gasteiger partial charge in [-0.1, -0.05) is 0 Å². The molecule has 0 saturated heterocycles. The molecule has 5 nitrogen and oxygen atoms in total. The maximum Gasteiger partial charge on any atom is 0.339 e. The van der Waals surface area contributed by atoms with Crippen molar-refractivity contribution in [2.24, 2.45) is 0 Å². The van der Waals surface area contributed by atoms with Crippen LogP contribution in [0.2, 0.25) is 0 Å². The van der Waals surface area contributed by atoms with E-state index < -0.39 is 5.97 Å². The van der Waals surface area contributed by atoms with Gasteiger partial charge in [0.2, 0.25) is 0 Å². The van der Waals surface area contributed by atoms with Crippen LogP contribution in [0, 0.1) is 0 Å². The monoisotopic (exact) mass is 265 g/mol. The second kappa shape index (κ2) is 7.09. The van der Waals surface area contributed by atoms with Gasteiger partial charge in [-0.3, -0.25) is 9.88 Å². The summed E-state index contributed by atoms with van der Waals surface area (Å²) in [5, 5.41) is 12.2. The smallest absolute Gasteiger partial charge is 0.339 e. The van der Waals surface area contributed by atoms with E-state index in [1.54, 1.807) is 12.3 Å². The Balaban J connectivity index is 2.60. The lowest BCUT2D eigenvalue weighted by Gasteiger charge is -2.30. The molecule has 106 valence electrons. The van der Waals surface area contributed by atoms with Gasteiger partial charge in [-0.25, -0.2) is 4.79 Å². The summed E-state index contributed by atoms with van der Waals surface area (Å²) in [6.07, 6.45) is 2.96. The molecule has 0 fully saturated rings. The minimum absolute atomic E-state index is 0.211. The first kappa shape index (κ1) is 15.4. The van der Waals surface area contributed by atoms with E-state index in [-0.39, 0.29) is 5.56 Å². The largest absolute Gasteiger partial charge is 0.478 e. The van der Waals surface area contributed by atoms with Crippen LogP contribution in [0.25, 0.3) is 0 Å². The summed E-state index contributed by atoms with van der Waals surface area (Å²) in [4.78, 5) is 17.2. The molecule has 0 unspecified atom stereocenters. The molecular formula is C14H23N3O2. The predicted molar refractivity (Wildman–Crippen MR) is 76.7 cm³/mol. The lowest BCUT2D eigenvalue weighted by molar-refractivity contribution is 0.0697. The maximum absolute atomic E-state index is 11.0. The van der Waals surface area contributed by atoms with Gasteiger partial charge >= 0.3 is 5.97 Å². The van der Waals surface area contributed by atoms with Crippen LogP contribution in [0.1, 0.15) is 38.1 Å². The Morgan fingerprint density at radius 3 is 2.53 bits per heavy atom. The molecule has 0 saturated carbocycles. The molecule has 0 aliphatic carbocycles. The zero-order valence-corrected chi connectivity index (χ0v) is 12.1. The number of nitrogens with zero attached hydrogens (tertiary/aromatic N) is 2. The fourth-order valence-corrected chi connectivity index (χ4v) is 2.15. The van der Waals surface area contributed by atoms with Crippen molar-refractivity contribution in [3.05, 3.63) is 24.0 Å². The zero-order valence-electron chi connectivity index (χ0n) is 12.1. The molecule has 0 amide bonds. The normalized spacial score (nSPS) is 11.3. The van der Waals surface area contributed by atoms with Crippen LogP contribution in [0.15, 0.2) is 18.5 Å². The van der Waals surface area contributed by atoms with Crippen molar-refractivity contribution in [1.82, 2.24) is 9.88 Å². The fraction of sp³-hybridized carbons (Fsp3) is 0.571.